The number of amides is 1. The van der Waals surface area contributed by atoms with Crippen LogP contribution in [0.2, 0.25) is 0 Å². The molecule has 4 rings (SSSR count). The van der Waals surface area contributed by atoms with E-state index < -0.39 is 5.60 Å². The fourth-order valence-electron chi connectivity index (χ4n) is 5.35. The quantitative estimate of drug-likeness (QED) is 0.554. The summed E-state index contributed by atoms with van der Waals surface area (Å²) in [6, 6.07) is 10.1. The predicted molar refractivity (Wildman–Crippen MR) is 135 cm³/mol. The Kier molecular flexibility index (Phi) is 7.92. The molecule has 0 unspecified atom stereocenters. The molecular formula is C28H41N3O4. The van der Waals surface area contributed by atoms with E-state index in [0.29, 0.717) is 37.8 Å². The van der Waals surface area contributed by atoms with Gasteiger partial charge in [-0.2, -0.15) is 5.26 Å². The van der Waals surface area contributed by atoms with Crippen molar-refractivity contribution in [3.63, 3.8) is 0 Å². The van der Waals surface area contributed by atoms with Gasteiger partial charge in [-0.05, 0) is 69.7 Å². The average molecular weight is 484 g/mol. The highest BCUT2D eigenvalue weighted by molar-refractivity contribution is 5.69. The van der Waals surface area contributed by atoms with Gasteiger partial charge in [-0.25, -0.2) is 4.79 Å². The molecule has 7 nitrogen and oxygen atoms in total. The van der Waals surface area contributed by atoms with E-state index in [-0.39, 0.29) is 17.8 Å². The lowest BCUT2D eigenvalue weighted by molar-refractivity contribution is -0.254. The Morgan fingerprint density at radius 1 is 1.14 bits per heavy atom. The summed E-state index contributed by atoms with van der Waals surface area (Å²) >= 11 is 0. The molecule has 2 aliphatic heterocycles. The smallest absolute Gasteiger partial charge is 0.410 e. The Balaban J connectivity index is 1.27. The predicted octanol–water partition coefficient (Wildman–Crippen LogP) is 5.19. The van der Waals surface area contributed by atoms with Crippen LogP contribution in [0.15, 0.2) is 24.3 Å². The average Bonchev–Trinajstić information content (AvgIpc) is 2.81. The molecule has 0 bridgehead atoms. The zero-order valence-corrected chi connectivity index (χ0v) is 21.8. The Hall–Kier alpha value is -2.30. The van der Waals surface area contributed by atoms with E-state index in [0.717, 1.165) is 31.1 Å². The first-order valence-corrected chi connectivity index (χ1v) is 13.1. The zero-order valence-electron chi connectivity index (χ0n) is 21.8. The first-order valence-electron chi connectivity index (χ1n) is 13.1. The molecule has 1 aromatic carbocycles. The summed E-state index contributed by atoms with van der Waals surface area (Å²) in [4.78, 5) is 16.4. The molecule has 1 aromatic rings. The van der Waals surface area contributed by atoms with Crippen LogP contribution in [-0.4, -0.2) is 62.3 Å². The van der Waals surface area contributed by atoms with E-state index in [9.17, 15) is 4.79 Å². The maximum Gasteiger partial charge on any atom is 0.410 e. The summed E-state index contributed by atoms with van der Waals surface area (Å²) < 4.78 is 17.7. The zero-order chi connectivity index (χ0) is 25.1. The molecule has 35 heavy (non-hydrogen) atoms. The van der Waals surface area contributed by atoms with E-state index in [2.05, 4.69) is 30.0 Å². The van der Waals surface area contributed by atoms with Gasteiger partial charge in [0.25, 0.3) is 0 Å². The van der Waals surface area contributed by atoms with Crippen LogP contribution in [0.3, 0.4) is 0 Å². The Bertz CT molecular complexity index is 880. The van der Waals surface area contributed by atoms with Crippen molar-refractivity contribution in [1.29, 1.82) is 5.26 Å². The van der Waals surface area contributed by atoms with Crippen LogP contribution in [0.4, 0.5) is 10.5 Å². The van der Waals surface area contributed by atoms with Gasteiger partial charge in [0.1, 0.15) is 5.60 Å². The van der Waals surface area contributed by atoms with Crippen molar-refractivity contribution in [3.8, 4) is 6.07 Å². The number of ether oxygens (including phenoxy) is 3. The number of hydrogen-bond donors (Lipinski definition) is 0. The Morgan fingerprint density at radius 2 is 1.77 bits per heavy atom. The SMILES string of the molecule is CC(C)(C)OC(=O)N1CC2(COC(CCN(C[C@H]3CC[C@H](C)CC3)c3ccc(C#N)cc3)OC2)C1. The number of likely N-dealkylation sites (tertiary alicyclic amines) is 1. The van der Waals surface area contributed by atoms with Crippen LogP contribution in [0.1, 0.15) is 65.4 Å². The summed E-state index contributed by atoms with van der Waals surface area (Å²) in [5.41, 5.74) is 1.24. The molecule has 3 aliphatic rings. The minimum atomic E-state index is -0.485. The van der Waals surface area contributed by atoms with Gasteiger partial charge in [0.2, 0.25) is 0 Å². The van der Waals surface area contributed by atoms with Crippen molar-refractivity contribution in [1.82, 2.24) is 4.90 Å². The van der Waals surface area contributed by atoms with Gasteiger partial charge in [0.05, 0.1) is 30.3 Å². The second kappa shape index (κ2) is 10.8. The van der Waals surface area contributed by atoms with E-state index in [1.54, 1.807) is 4.90 Å². The maximum absolute atomic E-state index is 12.3. The second-order valence-electron chi connectivity index (χ2n) is 11.9. The summed E-state index contributed by atoms with van der Waals surface area (Å²) in [5, 5.41) is 9.17. The number of nitriles is 1. The number of benzene rings is 1. The highest BCUT2D eigenvalue weighted by Gasteiger charge is 2.49. The molecule has 3 fully saturated rings. The van der Waals surface area contributed by atoms with Gasteiger partial charge >= 0.3 is 6.09 Å². The minimum Gasteiger partial charge on any atom is -0.444 e. The molecule has 1 saturated carbocycles. The number of nitrogens with zero attached hydrogens (tertiary/aromatic N) is 3. The Labute approximate surface area is 210 Å². The molecule has 0 N–H and O–H groups in total. The molecule has 0 aromatic heterocycles. The van der Waals surface area contributed by atoms with Gasteiger partial charge in [-0.1, -0.05) is 19.8 Å². The van der Waals surface area contributed by atoms with Crippen molar-refractivity contribution in [3.05, 3.63) is 29.8 Å². The third-order valence-corrected chi connectivity index (χ3v) is 7.47. The summed E-state index contributed by atoms with van der Waals surface area (Å²) in [6.45, 7) is 12.3. The van der Waals surface area contributed by atoms with Gasteiger partial charge in [-0.3, -0.25) is 0 Å². The van der Waals surface area contributed by atoms with Crippen LogP contribution in [-0.2, 0) is 14.2 Å². The van der Waals surface area contributed by atoms with Crippen molar-refractivity contribution in [2.75, 3.05) is 44.3 Å². The molecule has 1 aliphatic carbocycles. The summed E-state index contributed by atoms with van der Waals surface area (Å²) in [6.07, 6.45) is 5.47. The van der Waals surface area contributed by atoms with Crippen LogP contribution < -0.4 is 4.90 Å². The van der Waals surface area contributed by atoms with Crippen molar-refractivity contribution in [2.24, 2.45) is 17.3 Å². The third kappa shape index (κ3) is 6.89. The molecule has 1 amide bonds. The third-order valence-electron chi connectivity index (χ3n) is 7.47. The molecule has 2 saturated heterocycles. The van der Waals surface area contributed by atoms with Crippen LogP contribution >= 0.6 is 0 Å². The van der Waals surface area contributed by atoms with E-state index in [1.807, 2.05) is 32.9 Å². The molecule has 0 atom stereocenters. The lowest BCUT2D eigenvalue weighted by Gasteiger charge is -2.52. The van der Waals surface area contributed by atoms with Crippen molar-refractivity contribution >= 4 is 11.8 Å². The lowest BCUT2D eigenvalue weighted by atomic mass is 9.81. The largest absolute Gasteiger partial charge is 0.444 e. The summed E-state index contributed by atoms with van der Waals surface area (Å²) in [5.74, 6) is 1.54. The molecule has 0 radical (unpaired) electrons. The normalized spacial score (nSPS) is 24.5. The van der Waals surface area contributed by atoms with E-state index in [1.165, 1.54) is 25.7 Å². The fourth-order valence-corrected chi connectivity index (χ4v) is 5.35. The number of rotatable bonds is 6. The number of anilines is 1. The van der Waals surface area contributed by atoms with Crippen molar-refractivity contribution in [2.45, 2.75) is 71.7 Å². The van der Waals surface area contributed by atoms with Gasteiger partial charge in [0, 0.05) is 38.3 Å². The van der Waals surface area contributed by atoms with Crippen LogP contribution in [0, 0.1) is 28.6 Å². The highest BCUT2D eigenvalue weighted by atomic mass is 16.7. The second-order valence-corrected chi connectivity index (χ2v) is 11.9. The standard InChI is InChI=1S/C28H41N3O4/c1-21-5-7-23(8-6-21)16-30(24-11-9-22(15-29)10-12-24)14-13-25-33-19-28(20-34-25)17-31(18-28)26(32)35-27(2,3)4/h9-12,21,23,25H,5-8,13-14,16-20H2,1-4H3/t21-,23-. The van der Waals surface area contributed by atoms with Crippen LogP contribution in [0.5, 0.6) is 0 Å². The van der Waals surface area contributed by atoms with Crippen molar-refractivity contribution < 1.29 is 19.0 Å². The van der Waals surface area contributed by atoms with Gasteiger partial charge in [0.15, 0.2) is 6.29 Å². The lowest BCUT2D eigenvalue weighted by Crippen LogP contribution is -2.65. The minimum absolute atomic E-state index is 0.112. The van der Waals surface area contributed by atoms with Gasteiger partial charge in [-0.15, -0.1) is 0 Å². The number of hydrogen-bond acceptors (Lipinski definition) is 6. The first kappa shape index (κ1) is 25.8. The molecule has 2 heterocycles. The monoisotopic (exact) mass is 483 g/mol. The van der Waals surface area contributed by atoms with Crippen LogP contribution in [0.25, 0.3) is 0 Å². The molecule has 1 spiro atoms. The molecular weight excluding hydrogens is 442 g/mol. The molecule has 7 heteroatoms. The van der Waals surface area contributed by atoms with Gasteiger partial charge < -0.3 is 24.0 Å². The van der Waals surface area contributed by atoms with E-state index in [4.69, 9.17) is 19.5 Å². The fraction of sp³-hybridized carbons (Fsp3) is 0.714. The topological polar surface area (TPSA) is 75.0 Å². The number of carbonyl (C=O) groups is 1. The first-order chi connectivity index (χ1) is 16.6. The molecule has 192 valence electrons. The summed E-state index contributed by atoms with van der Waals surface area (Å²) in [7, 11) is 0. The maximum atomic E-state index is 12.3. The number of carbonyl (C=O) groups excluding carboxylic acids is 1. The Morgan fingerprint density at radius 3 is 2.34 bits per heavy atom. The highest BCUT2D eigenvalue weighted by Crippen LogP contribution is 2.36. The van der Waals surface area contributed by atoms with E-state index >= 15 is 0 Å².